The Labute approximate surface area is 105 Å². The SMILES string of the molecule is CC(C)c1cc(NCCc2nccs2)ncn1. The van der Waals surface area contributed by atoms with Crippen molar-refractivity contribution in [2.45, 2.75) is 26.2 Å². The van der Waals surface area contributed by atoms with Gasteiger partial charge in [-0.3, -0.25) is 0 Å². The lowest BCUT2D eigenvalue weighted by Gasteiger charge is -2.07. The van der Waals surface area contributed by atoms with Crippen LogP contribution in [-0.4, -0.2) is 21.5 Å². The first-order valence-corrected chi connectivity index (χ1v) is 6.58. The number of thiazole rings is 1. The van der Waals surface area contributed by atoms with Gasteiger partial charge in [0.05, 0.1) is 5.01 Å². The Hall–Kier alpha value is -1.49. The van der Waals surface area contributed by atoms with Crippen molar-refractivity contribution in [3.05, 3.63) is 34.7 Å². The van der Waals surface area contributed by atoms with E-state index in [2.05, 4.69) is 34.1 Å². The zero-order valence-electron chi connectivity index (χ0n) is 10.1. The van der Waals surface area contributed by atoms with Crippen molar-refractivity contribution in [2.24, 2.45) is 0 Å². The molecule has 0 atom stereocenters. The first-order chi connectivity index (χ1) is 8.25. The average Bonchev–Trinajstić information content (AvgIpc) is 2.82. The molecule has 0 radical (unpaired) electrons. The van der Waals surface area contributed by atoms with Crippen LogP contribution in [0.1, 0.15) is 30.5 Å². The minimum absolute atomic E-state index is 0.428. The molecule has 0 aliphatic rings. The van der Waals surface area contributed by atoms with Gasteiger partial charge in [0.2, 0.25) is 0 Å². The lowest BCUT2D eigenvalue weighted by molar-refractivity contribution is 0.813. The summed E-state index contributed by atoms with van der Waals surface area (Å²) in [4.78, 5) is 12.7. The Morgan fingerprint density at radius 1 is 1.29 bits per heavy atom. The van der Waals surface area contributed by atoms with Crippen LogP contribution in [0, 0.1) is 0 Å². The second-order valence-electron chi connectivity index (χ2n) is 4.09. The van der Waals surface area contributed by atoms with Crippen molar-refractivity contribution < 1.29 is 0 Å². The van der Waals surface area contributed by atoms with E-state index in [1.54, 1.807) is 17.7 Å². The summed E-state index contributed by atoms with van der Waals surface area (Å²) in [6.07, 6.45) is 4.38. The number of aromatic nitrogens is 3. The minimum atomic E-state index is 0.428. The molecule has 0 saturated heterocycles. The molecule has 2 aromatic rings. The lowest BCUT2D eigenvalue weighted by atomic mass is 10.1. The molecule has 5 heteroatoms. The van der Waals surface area contributed by atoms with Gasteiger partial charge in [-0.05, 0) is 5.92 Å². The van der Waals surface area contributed by atoms with Crippen LogP contribution in [-0.2, 0) is 6.42 Å². The van der Waals surface area contributed by atoms with Crippen molar-refractivity contribution in [1.82, 2.24) is 15.0 Å². The van der Waals surface area contributed by atoms with Gasteiger partial charge in [-0.25, -0.2) is 15.0 Å². The van der Waals surface area contributed by atoms with E-state index >= 15 is 0 Å². The van der Waals surface area contributed by atoms with Gasteiger partial charge in [-0.1, -0.05) is 13.8 Å². The first-order valence-electron chi connectivity index (χ1n) is 5.70. The van der Waals surface area contributed by atoms with Gasteiger partial charge in [0.25, 0.3) is 0 Å². The van der Waals surface area contributed by atoms with Crippen molar-refractivity contribution in [1.29, 1.82) is 0 Å². The van der Waals surface area contributed by atoms with E-state index in [1.165, 1.54) is 0 Å². The highest BCUT2D eigenvalue weighted by molar-refractivity contribution is 7.09. The van der Waals surface area contributed by atoms with Gasteiger partial charge in [0, 0.05) is 36.3 Å². The Morgan fingerprint density at radius 3 is 2.88 bits per heavy atom. The van der Waals surface area contributed by atoms with Crippen molar-refractivity contribution in [3.8, 4) is 0 Å². The Bertz CT molecular complexity index is 453. The minimum Gasteiger partial charge on any atom is -0.370 e. The number of anilines is 1. The van der Waals surface area contributed by atoms with Gasteiger partial charge in [-0.2, -0.15) is 0 Å². The van der Waals surface area contributed by atoms with E-state index in [9.17, 15) is 0 Å². The van der Waals surface area contributed by atoms with E-state index in [4.69, 9.17) is 0 Å². The Morgan fingerprint density at radius 2 is 2.18 bits per heavy atom. The highest BCUT2D eigenvalue weighted by Gasteiger charge is 2.02. The third-order valence-electron chi connectivity index (χ3n) is 2.41. The largest absolute Gasteiger partial charge is 0.370 e. The van der Waals surface area contributed by atoms with E-state index in [1.807, 2.05) is 17.6 Å². The summed E-state index contributed by atoms with van der Waals surface area (Å²) in [5, 5.41) is 6.44. The van der Waals surface area contributed by atoms with Crippen molar-refractivity contribution in [3.63, 3.8) is 0 Å². The van der Waals surface area contributed by atoms with E-state index in [0.29, 0.717) is 5.92 Å². The quantitative estimate of drug-likeness (QED) is 0.884. The third kappa shape index (κ3) is 3.49. The molecule has 0 unspecified atom stereocenters. The predicted molar refractivity (Wildman–Crippen MR) is 70.4 cm³/mol. The molecule has 4 nitrogen and oxygen atoms in total. The van der Waals surface area contributed by atoms with Crippen LogP contribution in [0.25, 0.3) is 0 Å². The molecule has 1 N–H and O–H groups in total. The topological polar surface area (TPSA) is 50.7 Å². The molecule has 90 valence electrons. The van der Waals surface area contributed by atoms with Crippen LogP contribution in [0.2, 0.25) is 0 Å². The predicted octanol–water partition coefficient (Wildman–Crippen LogP) is 2.71. The summed E-state index contributed by atoms with van der Waals surface area (Å²) >= 11 is 1.68. The summed E-state index contributed by atoms with van der Waals surface area (Å²) in [5.74, 6) is 1.32. The maximum Gasteiger partial charge on any atom is 0.129 e. The van der Waals surface area contributed by atoms with E-state index < -0.39 is 0 Å². The fourth-order valence-electron chi connectivity index (χ4n) is 1.46. The van der Waals surface area contributed by atoms with Crippen LogP contribution in [0.4, 0.5) is 5.82 Å². The molecule has 2 aromatic heterocycles. The van der Waals surface area contributed by atoms with Crippen LogP contribution in [0.5, 0.6) is 0 Å². The van der Waals surface area contributed by atoms with E-state index in [-0.39, 0.29) is 0 Å². The van der Waals surface area contributed by atoms with Gasteiger partial charge < -0.3 is 5.32 Å². The molecule has 0 aliphatic heterocycles. The molecule has 17 heavy (non-hydrogen) atoms. The number of hydrogen-bond donors (Lipinski definition) is 1. The zero-order chi connectivity index (χ0) is 12.1. The summed E-state index contributed by atoms with van der Waals surface area (Å²) < 4.78 is 0. The second kappa shape index (κ2) is 5.72. The monoisotopic (exact) mass is 248 g/mol. The Balaban J connectivity index is 1.88. The molecule has 2 heterocycles. The van der Waals surface area contributed by atoms with Gasteiger partial charge in [0.1, 0.15) is 12.1 Å². The number of hydrogen-bond acceptors (Lipinski definition) is 5. The maximum absolute atomic E-state index is 4.24. The molecular formula is C12H16N4S. The summed E-state index contributed by atoms with van der Waals surface area (Å²) in [5.41, 5.74) is 1.07. The molecule has 0 aromatic carbocycles. The smallest absolute Gasteiger partial charge is 0.129 e. The van der Waals surface area contributed by atoms with Crippen molar-refractivity contribution >= 4 is 17.2 Å². The van der Waals surface area contributed by atoms with Crippen LogP contribution in [0.15, 0.2) is 24.0 Å². The maximum atomic E-state index is 4.24. The van der Waals surface area contributed by atoms with Crippen molar-refractivity contribution in [2.75, 3.05) is 11.9 Å². The standard InChI is InChI=1S/C12H16N4S/c1-9(2)10-7-11(16-8-15-10)13-4-3-12-14-5-6-17-12/h5-9H,3-4H2,1-2H3,(H,13,15,16). The normalized spacial score (nSPS) is 10.8. The molecule has 0 bridgehead atoms. The third-order valence-corrected chi connectivity index (χ3v) is 3.25. The fourth-order valence-corrected chi connectivity index (χ4v) is 2.08. The van der Waals surface area contributed by atoms with E-state index in [0.717, 1.165) is 29.5 Å². The molecule has 0 fully saturated rings. The number of nitrogens with zero attached hydrogens (tertiary/aromatic N) is 3. The molecule has 0 aliphatic carbocycles. The second-order valence-corrected chi connectivity index (χ2v) is 5.06. The summed E-state index contributed by atoms with van der Waals surface area (Å²) in [7, 11) is 0. The number of rotatable bonds is 5. The molecule has 0 amide bonds. The Kier molecular flexibility index (Phi) is 4.03. The molecule has 2 rings (SSSR count). The highest BCUT2D eigenvalue weighted by atomic mass is 32.1. The zero-order valence-corrected chi connectivity index (χ0v) is 10.9. The van der Waals surface area contributed by atoms with Gasteiger partial charge in [-0.15, -0.1) is 11.3 Å². The molecule has 0 saturated carbocycles. The summed E-state index contributed by atoms with van der Waals surface area (Å²) in [6.45, 7) is 5.10. The number of nitrogens with one attached hydrogen (secondary N) is 1. The van der Waals surface area contributed by atoms with Gasteiger partial charge in [0.15, 0.2) is 0 Å². The highest BCUT2D eigenvalue weighted by Crippen LogP contribution is 2.13. The molecular weight excluding hydrogens is 232 g/mol. The van der Waals surface area contributed by atoms with Crippen LogP contribution in [0.3, 0.4) is 0 Å². The van der Waals surface area contributed by atoms with Crippen LogP contribution >= 0.6 is 11.3 Å². The molecule has 0 spiro atoms. The van der Waals surface area contributed by atoms with Gasteiger partial charge >= 0.3 is 0 Å². The average molecular weight is 248 g/mol. The lowest BCUT2D eigenvalue weighted by Crippen LogP contribution is -2.07. The first kappa shape index (κ1) is 12.0. The fraction of sp³-hybridized carbons (Fsp3) is 0.417. The van der Waals surface area contributed by atoms with Crippen LogP contribution < -0.4 is 5.32 Å². The summed E-state index contributed by atoms with van der Waals surface area (Å²) in [6, 6.07) is 2.01.